The molecule has 0 aromatic carbocycles. The second-order valence-corrected chi connectivity index (χ2v) is 6.19. The summed E-state index contributed by atoms with van der Waals surface area (Å²) in [5.41, 5.74) is 2.42. The lowest BCUT2D eigenvalue weighted by atomic mass is 10.3. The first kappa shape index (κ1) is 11.9. The van der Waals surface area contributed by atoms with Crippen LogP contribution in [0.3, 0.4) is 0 Å². The van der Waals surface area contributed by atoms with Gasteiger partial charge in [0.05, 0.1) is 5.03 Å². The van der Waals surface area contributed by atoms with Crippen LogP contribution in [0.25, 0.3) is 0 Å². The van der Waals surface area contributed by atoms with Crippen molar-refractivity contribution in [1.29, 1.82) is 0 Å². The molecular weight excluding hydrogens is 216 g/mol. The zero-order valence-electron chi connectivity index (χ0n) is 10.3. The van der Waals surface area contributed by atoms with Crippen LogP contribution in [0.4, 0.5) is 0 Å². The maximum atomic E-state index is 4.55. The molecule has 2 rings (SSSR count). The summed E-state index contributed by atoms with van der Waals surface area (Å²) in [6.07, 6.45) is 2.72. The van der Waals surface area contributed by atoms with Gasteiger partial charge in [-0.25, -0.2) is 4.98 Å². The predicted molar refractivity (Wildman–Crippen MR) is 70.1 cm³/mol. The van der Waals surface area contributed by atoms with Gasteiger partial charge in [0.1, 0.15) is 0 Å². The Morgan fingerprint density at radius 2 is 2.19 bits per heavy atom. The smallest absolute Gasteiger partial charge is 0.0968 e. The van der Waals surface area contributed by atoms with Gasteiger partial charge in [-0.3, -0.25) is 0 Å². The van der Waals surface area contributed by atoms with Crippen LogP contribution < -0.4 is 5.32 Å². The summed E-state index contributed by atoms with van der Waals surface area (Å²) in [4.78, 5) is 4.55. The standard InChI is InChI=1S/C13H20N2S/c1-9-6-10(2)15-13(7-9)16-11(3)8-14-12-4-5-12/h6-7,11-12,14H,4-5,8H2,1-3H3. The van der Waals surface area contributed by atoms with Crippen LogP contribution in [-0.4, -0.2) is 22.8 Å². The number of pyridine rings is 1. The molecule has 0 radical (unpaired) electrons. The molecule has 3 heteroatoms. The minimum absolute atomic E-state index is 0.592. The van der Waals surface area contributed by atoms with Gasteiger partial charge in [0.2, 0.25) is 0 Å². The molecule has 1 N–H and O–H groups in total. The van der Waals surface area contributed by atoms with E-state index in [1.54, 1.807) is 0 Å². The van der Waals surface area contributed by atoms with Crippen LogP contribution in [0, 0.1) is 13.8 Å². The number of hydrogen-bond donors (Lipinski definition) is 1. The van der Waals surface area contributed by atoms with E-state index >= 15 is 0 Å². The van der Waals surface area contributed by atoms with Gasteiger partial charge in [0.15, 0.2) is 0 Å². The average Bonchev–Trinajstić information content (AvgIpc) is 2.96. The van der Waals surface area contributed by atoms with Crippen LogP contribution in [0.1, 0.15) is 31.0 Å². The fraction of sp³-hybridized carbons (Fsp3) is 0.615. The van der Waals surface area contributed by atoms with Gasteiger partial charge in [-0.2, -0.15) is 0 Å². The van der Waals surface area contributed by atoms with Gasteiger partial charge >= 0.3 is 0 Å². The molecule has 0 spiro atoms. The Hall–Kier alpha value is -0.540. The summed E-state index contributed by atoms with van der Waals surface area (Å²) in [7, 11) is 0. The van der Waals surface area contributed by atoms with E-state index in [4.69, 9.17) is 0 Å². The average molecular weight is 236 g/mol. The first-order chi connectivity index (χ1) is 7.63. The van der Waals surface area contributed by atoms with Crippen molar-refractivity contribution in [2.45, 2.75) is 49.9 Å². The van der Waals surface area contributed by atoms with Crippen LogP contribution in [0.5, 0.6) is 0 Å². The number of hydrogen-bond acceptors (Lipinski definition) is 3. The lowest BCUT2D eigenvalue weighted by molar-refractivity contribution is 0.678. The SMILES string of the molecule is Cc1cc(C)nc(SC(C)CNC2CC2)c1. The lowest BCUT2D eigenvalue weighted by Gasteiger charge is -2.12. The highest BCUT2D eigenvalue weighted by Gasteiger charge is 2.21. The van der Waals surface area contributed by atoms with Crippen molar-refractivity contribution in [2.75, 3.05) is 6.54 Å². The van der Waals surface area contributed by atoms with Crippen molar-refractivity contribution in [3.05, 3.63) is 23.4 Å². The molecule has 1 aliphatic rings. The zero-order chi connectivity index (χ0) is 11.5. The molecule has 1 unspecified atom stereocenters. The van der Waals surface area contributed by atoms with Crippen molar-refractivity contribution in [3.63, 3.8) is 0 Å². The summed E-state index contributed by atoms with van der Waals surface area (Å²) in [5.74, 6) is 0. The van der Waals surface area contributed by atoms with Crippen molar-refractivity contribution < 1.29 is 0 Å². The normalized spacial score (nSPS) is 17.4. The predicted octanol–water partition coefficient (Wildman–Crippen LogP) is 2.93. The Balaban J connectivity index is 1.86. The molecule has 1 fully saturated rings. The van der Waals surface area contributed by atoms with E-state index in [9.17, 15) is 0 Å². The van der Waals surface area contributed by atoms with Crippen LogP contribution in [-0.2, 0) is 0 Å². The van der Waals surface area contributed by atoms with Gasteiger partial charge in [0.25, 0.3) is 0 Å². The van der Waals surface area contributed by atoms with Crippen LogP contribution >= 0.6 is 11.8 Å². The fourth-order valence-electron chi connectivity index (χ4n) is 1.73. The van der Waals surface area contributed by atoms with Crippen molar-refractivity contribution >= 4 is 11.8 Å². The molecule has 1 aromatic heterocycles. The molecule has 2 nitrogen and oxygen atoms in total. The summed E-state index contributed by atoms with van der Waals surface area (Å²) in [6, 6.07) is 5.10. The van der Waals surface area contributed by atoms with Crippen LogP contribution in [0.2, 0.25) is 0 Å². The third kappa shape index (κ3) is 3.80. The topological polar surface area (TPSA) is 24.9 Å². The van der Waals surface area contributed by atoms with E-state index in [1.807, 2.05) is 11.8 Å². The van der Waals surface area contributed by atoms with Gasteiger partial charge in [-0.05, 0) is 44.4 Å². The van der Waals surface area contributed by atoms with Gasteiger partial charge in [0, 0.05) is 23.5 Å². The first-order valence-electron chi connectivity index (χ1n) is 5.99. The lowest BCUT2D eigenvalue weighted by Crippen LogP contribution is -2.24. The van der Waals surface area contributed by atoms with E-state index in [-0.39, 0.29) is 0 Å². The molecular formula is C13H20N2S. The summed E-state index contributed by atoms with van der Waals surface area (Å²) < 4.78 is 0. The molecule has 1 atom stereocenters. The van der Waals surface area contributed by atoms with Gasteiger partial charge < -0.3 is 5.32 Å². The molecule has 0 amide bonds. The molecule has 1 aromatic rings. The third-order valence-electron chi connectivity index (χ3n) is 2.67. The molecule has 0 bridgehead atoms. The largest absolute Gasteiger partial charge is 0.313 e. The van der Waals surface area contributed by atoms with E-state index in [2.05, 4.69) is 43.2 Å². The molecule has 1 aliphatic carbocycles. The molecule has 1 heterocycles. The minimum Gasteiger partial charge on any atom is -0.313 e. The van der Waals surface area contributed by atoms with E-state index in [0.717, 1.165) is 23.3 Å². The Labute approximate surface area is 102 Å². The monoisotopic (exact) mass is 236 g/mol. The van der Waals surface area contributed by atoms with Gasteiger partial charge in [-0.1, -0.05) is 6.92 Å². The molecule has 16 heavy (non-hydrogen) atoms. The van der Waals surface area contributed by atoms with Crippen LogP contribution in [0.15, 0.2) is 17.2 Å². The first-order valence-corrected chi connectivity index (χ1v) is 6.87. The third-order valence-corrected chi connectivity index (χ3v) is 3.69. The number of rotatable bonds is 5. The van der Waals surface area contributed by atoms with E-state index < -0.39 is 0 Å². The summed E-state index contributed by atoms with van der Waals surface area (Å²) in [6.45, 7) is 7.54. The summed E-state index contributed by atoms with van der Waals surface area (Å²) in [5, 5.41) is 5.30. The van der Waals surface area contributed by atoms with Crippen molar-refractivity contribution in [2.24, 2.45) is 0 Å². The number of nitrogens with one attached hydrogen (secondary N) is 1. The number of thioether (sulfide) groups is 1. The highest BCUT2D eigenvalue weighted by atomic mass is 32.2. The Morgan fingerprint density at radius 1 is 1.44 bits per heavy atom. The highest BCUT2D eigenvalue weighted by molar-refractivity contribution is 7.99. The number of aryl methyl sites for hydroxylation is 2. The second-order valence-electron chi connectivity index (χ2n) is 4.74. The zero-order valence-corrected chi connectivity index (χ0v) is 11.1. The Morgan fingerprint density at radius 3 is 2.81 bits per heavy atom. The van der Waals surface area contributed by atoms with Crippen molar-refractivity contribution in [3.8, 4) is 0 Å². The Kier molecular flexibility index (Phi) is 3.87. The molecule has 0 aliphatic heterocycles. The quantitative estimate of drug-likeness (QED) is 0.796. The fourth-order valence-corrected chi connectivity index (χ4v) is 2.77. The minimum atomic E-state index is 0.592. The molecule has 88 valence electrons. The maximum absolute atomic E-state index is 4.55. The summed E-state index contributed by atoms with van der Waals surface area (Å²) >= 11 is 1.87. The number of nitrogens with zero attached hydrogens (tertiary/aromatic N) is 1. The molecule has 1 saturated carbocycles. The van der Waals surface area contributed by atoms with Crippen molar-refractivity contribution in [1.82, 2.24) is 10.3 Å². The highest BCUT2D eigenvalue weighted by Crippen LogP contribution is 2.24. The Bertz CT molecular complexity index is 341. The maximum Gasteiger partial charge on any atom is 0.0968 e. The van der Waals surface area contributed by atoms with E-state index in [0.29, 0.717) is 5.25 Å². The molecule has 0 saturated heterocycles. The number of aromatic nitrogens is 1. The van der Waals surface area contributed by atoms with Gasteiger partial charge in [-0.15, -0.1) is 11.8 Å². The van der Waals surface area contributed by atoms with E-state index in [1.165, 1.54) is 18.4 Å². The second kappa shape index (κ2) is 5.19.